The number of ether oxygens (including phenoxy) is 1. The van der Waals surface area contributed by atoms with Crippen LogP contribution in [0.25, 0.3) is 0 Å². The second kappa shape index (κ2) is 6.68. The average Bonchev–Trinajstić information content (AvgIpc) is 3.00. The van der Waals surface area contributed by atoms with Gasteiger partial charge in [0.05, 0.1) is 43.2 Å². The number of hydrogen-bond donors (Lipinski definition) is 0. The largest absolute Gasteiger partial charge is 0.370 e. The van der Waals surface area contributed by atoms with Gasteiger partial charge in [0.2, 0.25) is 5.95 Å². The summed E-state index contributed by atoms with van der Waals surface area (Å²) in [7, 11) is 2.02. The number of nitrogens with zero attached hydrogens (tertiary/aromatic N) is 6. The van der Waals surface area contributed by atoms with Gasteiger partial charge in [0, 0.05) is 39.4 Å². The molecule has 0 bridgehead atoms. The highest BCUT2D eigenvalue weighted by atomic mass is 19.1. The van der Waals surface area contributed by atoms with Crippen LogP contribution in [-0.4, -0.2) is 62.8 Å². The summed E-state index contributed by atoms with van der Waals surface area (Å²) in [5.74, 6) is 0.166. The monoisotopic (exact) mass is 346 g/mol. The molecule has 2 aromatic heterocycles. The van der Waals surface area contributed by atoms with Gasteiger partial charge in [0.1, 0.15) is 0 Å². The molecule has 2 fully saturated rings. The third kappa shape index (κ3) is 3.50. The number of imidazole rings is 1. The van der Waals surface area contributed by atoms with Crippen molar-refractivity contribution < 1.29 is 9.13 Å². The first-order chi connectivity index (χ1) is 12.1. The van der Waals surface area contributed by atoms with Crippen LogP contribution in [-0.2, 0) is 18.3 Å². The molecule has 1 atom stereocenters. The maximum Gasteiger partial charge on any atom is 0.225 e. The lowest BCUT2D eigenvalue weighted by Crippen LogP contribution is -2.59. The van der Waals surface area contributed by atoms with E-state index in [9.17, 15) is 4.39 Å². The first-order valence-electron chi connectivity index (χ1n) is 8.68. The fourth-order valence-electron chi connectivity index (χ4n) is 3.81. The molecule has 2 aromatic rings. The average molecular weight is 346 g/mol. The third-order valence-corrected chi connectivity index (χ3v) is 5.06. The van der Waals surface area contributed by atoms with Gasteiger partial charge in [-0.2, -0.15) is 0 Å². The highest BCUT2D eigenvalue weighted by Crippen LogP contribution is 2.31. The quantitative estimate of drug-likeness (QED) is 0.833. The molecule has 0 amide bonds. The first-order valence-corrected chi connectivity index (χ1v) is 8.68. The lowest BCUT2D eigenvalue weighted by Gasteiger charge is -2.48. The Morgan fingerprint density at radius 2 is 2.04 bits per heavy atom. The minimum Gasteiger partial charge on any atom is -0.370 e. The van der Waals surface area contributed by atoms with E-state index in [2.05, 4.69) is 29.3 Å². The van der Waals surface area contributed by atoms with E-state index in [1.54, 1.807) is 0 Å². The molecule has 0 saturated carbocycles. The highest BCUT2D eigenvalue weighted by Gasteiger charge is 2.41. The molecule has 0 N–H and O–H groups in total. The summed E-state index contributed by atoms with van der Waals surface area (Å²) in [5, 5.41) is 0. The van der Waals surface area contributed by atoms with Crippen molar-refractivity contribution in [2.24, 2.45) is 7.05 Å². The molecule has 0 aliphatic carbocycles. The van der Waals surface area contributed by atoms with Crippen LogP contribution in [0.1, 0.15) is 18.5 Å². The summed E-state index contributed by atoms with van der Waals surface area (Å²) in [5.41, 5.74) is 0.985. The van der Waals surface area contributed by atoms with E-state index in [4.69, 9.17) is 4.74 Å². The molecule has 8 heteroatoms. The Kier molecular flexibility index (Phi) is 4.39. The van der Waals surface area contributed by atoms with E-state index in [1.165, 1.54) is 18.1 Å². The van der Waals surface area contributed by atoms with Gasteiger partial charge in [0.15, 0.2) is 5.82 Å². The molecule has 1 spiro atoms. The third-order valence-electron chi connectivity index (χ3n) is 5.06. The molecule has 4 heterocycles. The normalized spacial score (nSPS) is 24.8. The zero-order valence-corrected chi connectivity index (χ0v) is 14.4. The zero-order valence-electron chi connectivity index (χ0n) is 14.4. The van der Waals surface area contributed by atoms with Crippen molar-refractivity contribution in [3.8, 4) is 0 Å². The number of aromatic nitrogens is 4. The van der Waals surface area contributed by atoms with E-state index in [0.717, 1.165) is 52.2 Å². The summed E-state index contributed by atoms with van der Waals surface area (Å²) in [6.07, 6.45) is 8.23. The van der Waals surface area contributed by atoms with Crippen molar-refractivity contribution in [1.82, 2.24) is 24.4 Å². The van der Waals surface area contributed by atoms with Gasteiger partial charge in [-0.25, -0.2) is 19.3 Å². The van der Waals surface area contributed by atoms with E-state index in [0.29, 0.717) is 5.95 Å². The first kappa shape index (κ1) is 16.4. The number of piperidine rings is 1. The number of anilines is 1. The smallest absolute Gasteiger partial charge is 0.225 e. The van der Waals surface area contributed by atoms with Crippen LogP contribution in [0.15, 0.2) is 24.9 Å². The number of morpholine rings is 1. The minimum absolute atomic E-state index is 0.215. The standard InChI is InChI=1S/C17H23FN6O/c1-22-13-19-9-15(22)10-23-5-6-25-17(11-23)3-2-4-24(12-17)16-20-7-14(18)8-21-16/h7-9,13H,2-6,10-12H2,1H3/t17-/m0/s1. The molecular weight excluding hydrogens is 323 g/mol. The molecule has 2 saturated heterocycles. The lowest BCUT2D eigenvalue weighted by atomic mass is 9.90. The highest BCUT2D eigenvalue weighted by molar-refractivity contribution is 5.31. The topological polar surface area (TPSA) is 59.3 Å². The second-order valence-electron chi connectivity index (χ2n) is 6.96. The fourth-order valence-corrected chi connectivity index (χ4v) is 3.81. The Morgan fingerprint density at radius 3 is 2.80 bits per heavy atom. The Labute approximate surface area is 146 Å². The maximum absolute atomic E-state index is 13.1. The zero-order chi connectivity index (χ0) is 17.3. The Hall–Kier alpha value is -2.06. The molecule has 0 radical (unpaired) electrons. The van der Waals surface area contributed by atoms with E-state index in [-0.39, 0.29) is 5.60 Å². The summed E-state index contributed by atoms with van der Waals surface area (Å²) < 4.78 is 21.4. The van der Waals surface area contributed by atoms with Crippen LogP contribution in [0.2, 0.25) is 0 Å². The summed E-state index contributed by atoms with van der Waals surface area (Å²) in [4.78, 5) is 17.0. The van der Waals surface area contributed by atoms with Crippen LogP contribution < -0.4 is 4.90 Å². The maximum atomic E-state index is 13.1. The van der Waals surface area contributed by atoms with Crippen LogP contribution in [0, 0.1) is 5.82 Å². The molecule has 134 valence electrons. The Balaban J connectivity index is 1.46. The predicted octanol–water partition coefficient (Wildman–Crippen LogP) is 1.22. The Morgan fingerprint density at radius 1 is 1.20 bits per heavy atom. The van der Waals surface area contributed by atoms with Crippen molar-refractivity contribution in [2.45, 2.75) is 25.0 Å². The van der Waals surface area contributed by atoms with Gasteiger partial charge in [-0.3, -0.25) is 4.90 Å². The van der Waals surface area contributed by atoms with Crippen LogP contribution in [0.4, 0.5) is 10.3 Å². The second-order valence-corrected chi connectivity index (χ2v) is 6.96. The van der Waals surface area contributed by atoms with Crippen molar-refractivity contribution in [3.63, 3.8) is 0 Å². The fraction of sp³-hybridized carbons (Fsp3) is 0.588. The summed E-state index contributed by atoms with van der Waals surface area (Å²) >= 11 is 0. The van der Waals surface area contributed by atoms with Gasteiger partial charge in [0.25, 0.3) is 0 Å². The van der Waals surface area contributed by atoms with Gasteiger partial charge >= 0.3 is 0 Å². The van der Waals surface area contributed by atoms with Crippen LogP contribution >= 0.6 is 0 Å². The molecular formula is C17H23FN6O. The molecule has 0 unspecified atom stereocenters. The van der Waals surface area contributed by atoms with E-state index < -0.39 is 5.82 Å². The van der Waals surface area contributed by atoms with Crippen LogP contribution in [0.5, 0.6) is 0 Å². The number of rotatable bonds is 3. The molecule has 0 aromatic carbocycles. The SMILES string of the molecule is Cn1cncc1CN1CCO[C@@]2(CCCN(c3ncc(F)cn3)C2)C1. The number of aryl methyl sites for hydroxylation is 1. The number of halogens is 1. The van der Waals surface area contributed by atoms with Crippen LogP contribution in [0.3, 0.4) is 0 Å². The Bertz CT molecular complexity index is 716. The minimum atomic E-state index is -0.410. The molecule has 7 nitrogen and oxygen atoms in total. The van der Waals surface area contributed by atoms with E-state index >= 15 is 0 Å². The van der Waals surface area contributed by atoms with E-state index in [1.807, 2.05) is 19.6 Å². The van der Waals surface area contributed by atoms with Gasteiger partial charge < -0.3 is 14.2 Å². The van der Waals surface area contributed by atoms with Gasteiger partial charge in [-0.05, 0) is 12.8 Å². The molecule has 25 heavy (non-hydrogen) atoms. The lowest BCUT2D eigenvalue weighted by molar-refractivity contribution is -0.116. The van der Waals surface area contributed by atoms with Crippen molar-refractivity contribution in [3.05, 3.63) is 36.4 Å². The molecule has 4 rings (SSSR count). The van der Waals surface area contributed by atoms with Crippen molar-refractivity contribution in [1.29, 1.82) is 0 Å². The predicted molar refractivity (Wildman–Crippen MR) is 90.6 cm³/mol. The summed E-state index contributed by atoms with van der Waals surface area (Å²) in [6, 6.07) is 0. The number of hydrogen-bond acceptors (Lipinski definition) is 6. The van der Waals surface area contributed by atoms with Gasteiger partial charge in [-0.1, -0.05) is 0 Å². The summed E-state index contributed by atoms with van der Waals surface area (Å²) in [6.45, 7) is 4.99. The molecule has 2 aliphatic heterocycles. The van der Waals surface area contributed by atoms with Gasteiger partial charge in [-0.15, -0.1) is 0 Å². The van der Waals surface area contributed by atoms with Crippen molar-refractivity contribution in [2.75, 3.05) is 37.7 Å². The van der Waals surface area contributed by atoms with Crippen molar-refractivity contribution >= 4 is 5.95 Å². The molecule has 2 aliphatic rings.